The number of carbonyl (C=O) groups is 3. The first-order valence-electron chi connectivity index (χ1n) is 17.6. The van der Waals surface area contributed by atoms with E-state index in [1.54, 1.807) is 6.92 Å². The first-order valence-corrected chi connectivity index (χ1v) is 19.2. The fraction of sp³-hybridized carbons (Fsp3) is 0.703. The van der Waals surface area contributed by atoms with E-state index < -0.39 is 31.5 Å². The lowest BCUT2D eigenvalue weighted by molar-refractivity contribution is -0.166. The van der Waals surface area contributed by atoms with Crippen molar-refractivity contribution in [2.45, 2.75) is 124 Å². The molecule has 12 heteroatoms. The molecule has 272 valence electrons. The Morgan fingerprint density at radius 2 is 1.57 bits per heavy atom. The minimum atomic E-state index is -4.75. The Kier molecular flexibility index (Phi) is 10.3. The zero-order chi connectivity index (χ0) is 36.2. The van der Waals surface area contributed by atoms with Crippen LogP contribution in [0.1, 0.15) is 134 Å². The summed E-state index contributed by atoms with van der Waals surface area (Å²) in [6.45, 7) is 17.3. The number of fused-ring (bicyclic) bond motifs is 1. The van der Waals surface area contributed by atoms with Crippen molar-refractivity contribution in [3.63, 3.8) is 0 Å². The second-order valence-electron chi connectivity index (χ2n) is 17.3. The minimum Gasteiger partial charge on any atom is -0.451 e. The monoisotopic (exact) mass is 702 g/mol. The molecule has 2 heterocycles. The number of amides is 2. The van der Waals surface area contributed by atoms with Gasteiger partial charge in [0.15, 0.2) is 5.76 Å². The Morgan fingerprint density at radius 3 is 2.14 bits per heavy atom. The number of hydrogen-bond acceptors (Lipinski definition) is 7. The van der Waals surface area contributed by atoms with Crippen LogP contribution in [0.2, 0.25) is 0 Å². The average molecular weight is 703 g/mol. The Hall–Kier alpha value is -2.72. The van der Waals surface area contributed by atoms with Crippen LogP contribution in [0.5, 0.6) is 0 Å². The second-order valence-corrected chi connectivity index (χ2v) is 18.6. The van der Waals surface area contributed by atoms with Crippen LogP contribution in [0.4, 0.5) is 0 Å². The van der Waals surface area contributed by atoms with Gasteiger partial charge in [-0.15, -0.1) is 0 Å². The first kappa shape index (κ1) is 37.5. The first-order chi connectivity index (χ1) is 22.6. The Bertz CT molecular complexity index is 1610. The molecule has 2 aromatic rings. The molecule has 0 unspecified atom stereocenters. The Balaban J connectivity index is 1.25. The third kappa shape index (κ3) is 8.43. The summed E-state index contributed by atoms with van der Waals surface area (Å²) in [4.78, 5) is 61.7. The maximum Gasteiger partial charge on any atom is 0.472 e. The van der Waals surface area contributed by atoms with Gasteiger partial charge >= 0.3 is 13.8 Å². The van der Waals surface area contributed by atoms with Gasteiger partial charge < -0.3 is 28.7 Å². The Labute approximate surface area is 290 Å². The summed E-state index contributed by atoms with van der Waals surface area (Å²) < 4.78 is 26.5. The molecule has 2 amide bonds. The summed E-state index contributed by atoms with van der Waals surface area (Å²) in [5, 5.41) is 0.963. The van der Waals surface area contributed by atoms with Gasteiger partial charge in [0.1, 0.15) is 5.58 Å². The zero-order valence-corrected chi connectivity index (χ0v) is 31.4. The number of carbonyl (C=O) groups excluding carboxylic acids is 3. The summed E-state index contributed by atoms with van der Waals surface area (Å²) in [6.07, 6.45) is 6.51. The number of furan rings is 1. The maximum absolute atomic E-state index is 14.1. The minimum absolute atomic E-state index is 0.0117. The van der Waals surface area contributed by atoms with Crippen LogP contribution < -0.4 is 0 Å². The van der Waals surface area contributed by atoms with E-state index in [1.807, 2.05) is 29.7 Å². The number of esters is 1. The van der Waals surface area contributed by atoms with E-state index in [2.05, 4.69) is 51.3 Å². The normalized spacial score (nSPS) is 25.0. The van der Waals surface area contributed by atoms with Crippen LogP contribution in [0, 0.1) is 16.7 Å². The molecule has 1 saturated heterocycles. The van der Waals surface area contributed by atoms with Gasteiger partial charge in [0, 0.05) is 36.5 Å². The molecule has 0 radical (unpaired) electrons. The second kappa shape index (κ2) is 13.4. The summed E-state index contributed by atoms with van der Waals surface area (Å²) >= 11 is 0. The van der Waals surface area contributed by atoms with E-state index in [0.717, 1.165) is 29.4 Å². The standard InChI is InChI=1S/C37H55N2O9P/c1-34(2,3)28-20-26(24-9-13-35(4,5)14-10-24)19-27-21-29(48-30(27)28)32(41)39-18-17-38(22-36(39,6)7)31(40)25-11-15-37(8,16-12-25)33(42)46-23-47-49(43,44)45/h19-21,24-25H,9-18,22-23H2,1-8H3,(H2,43,44,45)/t25-,37+. The third-order valence-electron chi connectivity index (χ3n) is 11.3. The van der Waals surface area contributed by atoms with Crippen molar-refractivity contribution >= 4 is 36.6 Å². The molecule has 1 aromatic heterocycles. The number of hydrogen-bond donors (Lipinski definition) is 2. The van der Waals surface area contributed by atoms with Gasteiger partial charge in [-0.25, -0.2) is 9.09 Å². The number of piperazine rings is 1. The van der Waals surface area contributed by atoms with Gasteiger partial charge in [-0.1, -0.05) is 40.7 Å². The maximum atomic E-state index is 14.1. The predicted molar refractivity (Wildman–Crippen MR) is 186 cm³/mol. The van der Waals surface area contributed by atoms with E-state index in [1.165, 1.54) is 18.4 Å². The highest BCUT2D eigenvalue weighted by atomic mass is 31.2. The van der Waals surface area contributed by atoms with Crippen LogP contribution in [-0.2, 0) is 28.8 Å². The number of phosphoric ester groups is 1. The molecule has 3 fully saturated rings. The topological polar surface area (TPSA) is 147 Å². The molecule has 5 rings (SSSR count). The highest BCUT2D eigenvalue weighted by Gasteiger charge is 2.45. The van der Waals surface area contributed by atoms with Gasteiger partial charge in [0.05, 0.1) is 11.0 Å². The van der Waals surface area contributed by atoms with Gasteiger partial charge in [0.2, 0.25) is 12.7 Å². The van der Waals surface area contributed by atoms with E-state index in [9.17, 15) is 18.9 Å². The summed E-state index contributed by atoms with van der Waals surface area (Å²) in [5.74, 6) is -0.212. The fourth-order valence-corrected chi connectivity index (χ4v) is 8.14. The molecule has 2 aliphatic carbocycles. The van der Waals surface area contributed by atoms with Gasteiger partial charge in [0.25, 0.3) is 5.91 Å². The van der Waals surface area contributed by atoms with E-state index in [4.69, 9.17) is 18.9 Å². The van der Waals surface area contributed by atoms with Crippen molar-refractivity contribution in [1.82, 2.24) is 9.80 Å². The largest absolute Gasteiger partial charge is 0.472 e. The number of ether oxygens (including phenoxy) is 1. The quantitative estimate of drug-likeness (QED) is 0.173. The van der Waals surface area contributed by atoms with Crippen LogP contribution in [0.3, 0.4) is 0 Å². The van der Waals surface area contributed by atoms with Crippen LogP contribution in [0.15, 0.2) is 22.6 Å². The SMILES string of the molecule is CC1(C)CCC(c2cc(C(C)(C)C)c3oc(C(=O)N4CCN(C(=O)[C@H]5CC[C@@](C)(C(=O)OCOP(=O)(O)O)CC5)CC4(C)C)cc3c2)CC1. The molecule has 2 saturated carbocycles. The number of nitrogens with zero attached hydrogens (tertiary/aromatic N) is 2. The number of phosphoric acid groups is 1. The molecule has 0 bridgehead atoms. The third-order valence-corrected chi connectivity index (χ3v) is 11.7. The van der Waals surface area contributed by atoms with Crippen LogP contribution >= 0.6 is 7.82 Å². The molecule has 0 spiro atoms. The highest BCUT2D eigenvalue weighted by molar-refractivity contribution is 7.46. The molecule has 1 aliphatic heterocycles. The molecule has 2 N–H and O–H groups in total. The highest BCUT2D eigenvalue weighted by Crippen LogP contribution is 2.45. The van der Waals surface area contributed by atoms with Crippen molar-refractivity contribution in [2.24, 2.45) is 16.7 Å². The van der Waals surface area contributed by atoms with E-state index >= 15 is 0 Å². The molecular formula is C37H55N2O9P. The molecule has 0 atom stereocenters. The van der Waals surface area contributed by atoms with Gasteiger partial charge in [-0.05, 0) is 107 Å². The van der Waals surface area contributed by atoms with Crippen LogP contribution in [-0.4, -0.2) is 69.3 Å². The van der Waals surface area contributed by atoms with E-state index in [-0.39, 0.29) is 23.1 Å². The van der Waals surface area contributed by atoms with Crippen molar-refractivity contribution in [1.29, 1.82) is 0 Å². The number of benzene rings is 1. The van der Waals surface area contributed by atoms with Crippen molar-refractivity contribution < 1.29 is 42.4 Å². The zero-order valence-electron chi connectivity index (χ0n) is 30.5. The van der Waals surface area contributed by atoms with Gasteiger partial charge in [-0.2, -0.15) is 0 Å². The van der Waals surface area contributed by atoms with Crippen molar-refractivity contribution in [2.75, 3.05) is 26.4 Å². The molecule has 3 aliphatic rings. The van der Waals surface area contributed by atoms with Crippen molar-refractivity contribution in [3.8, 4) is 0 Å². The van der Waals surface area contributed by atoms with Crippen LogP contribution in [0.25, 0.3) is 11.0 Å². The summed E-state index contributed by atoms with van der Waals surface area (Å²) in [6, 6.07) is 6.43. The summed E-state index contributed by atoms with van der Waals surface area (Å²) in [5.41, 5.74) is 1.93. The molecule has 11 nitrogen and oxygen atoms in total. The Morgan fingerprint density at radius 1 is 0.939 bits per heavy atom. The predicted octanol–water partition coefficient (Wildman–Crippen LogP) is 7.28. The smallest absolute Gasteiger partial charge is 0.451 e. The lowest BCUT2D eigenvalue weighted by Gasteiger charge is -2.48. The molecule has 49 heavy (non-hydrogen) atoms. The fourth-order valence-electron chi connectivity index (χ4n) is 7.95. The van der Waals surface area contributed by atoms with Crippen molar-refractivity contribution in [3.05, 3.63) is 35.1 Å². The van der Waals surface area contributed by atoms with Gasteiger partial charge in [-0.3, -0.25) is 14.4 Å². The lowest BCUT2D eigenvalue weighted by atomic mass is 9.70. The summed E-state index contributed by atoms with van der Waals surface area (Å²) in [7, 11) is -4.75. The lowest BCUT2D eigenvalue weighted by Crippen LogP contribution is -2.62. The van der Waals surface area contributed by atoms with E-state index in [0.29, 0.717) is 62.4 Å². The molecular weight excluding hydrogens is 647 g/mol. The number of rotatable bonds is 7. The molecule has 1 aromatic carbocycles. The average Bonchev–Trinajstić information content (AvgIpc) is 3.43.